The van der Waals surface area contributed by atoms with Crippen LogP contribution >= 0.6 is 22.7 Å². The molecule has 0 bridgehead atoms. The molecule has 0 unspecified atom stereocenters. The van der Waals surface area contributed by atoms with Crippen molar-refractivity contribution >= 4 is 34.7 Å². The summed E-state index contributed by atoms with van der Waals surface area (Å²) in [7, 11) is 0. The Balaban J connectivity index is 1.67. The summed E-state index contributed by atoms with van der Waals surface area (Å²) in [6, 6.07) is -0.280. The van der Waals surface area contributed by atoms with Gasteiger partial charge in [0.25, 0.3) is 0 Å². The maximum atomic E-state index is 11.6. The molecule has 2 rings (SSSR count). The average molecular weight is 326 g/mol. The Kier molecular flexibility index (Phi) is 5.23. The van der Waals surface area contributed by atoms with Gasteiger partial charge in [0.05, 0.1) is 11.6 Å². The van der Waals surface area contributed by atoms with Crippen molar-refractivity contribution in [3.8, 4) is 0 Å². The number of rotatable bonds is 6. The van der Waals surface area contributed by atoms with E-state index in [4.69, 9.17) is 5.11 Å². The lowest BCUT2D eigenvalue weighted by atomic mass is 10.4. The Morgan fingerprint density at radius 2 is 2.14 bits per heavy atom. The van der Waals surface area contributed by atoms with Crippen molar-refractivity contribution in [1.29, 1.82) is 0 Å². The third-order valence-corrected chi connectivity index (χ3v) is 4.29. The number of urea groups is 1. The van der Waals surface area contributed by atoms with Crippen LogP contribution in [0.4, 0.5) is 4.79 Å². The lowest BCUT2D eigenvalue weighted by molar-refractivity contribution is 0.0691. The predicted octanol–water partition coefficient (Wildman–Crippen LogP) is 1.65. The summed E-state index contributed by atoms with van der Waals surface area (Å²) in [4.78, 5) is 31.4. The fraction of sp³-hybridized carbons (Fsp3) is 0.333. The molecule has 2 aromatic rings. The van der Waals surface area contributed by atoms with Crippen LogP contribution in [0.3, 0.4) is 0 Å². The third-order valence-electron chi connectivity index (χ3n) is 2.46. The van der Waals surface area contributed by atoms with Gasteiger partial charge in [0.1, 0.15) is 5.01 Å². The highest BCUT2D eigenvalue weighted by Crippen LogP contribution is 2.11. The molecule has 0 spiro atoms. The van der Waals surface area contributed by atoms with Gasteiger partial charge >= 0.3 is 12.0 Å². The minimum Gasteiger partial charge on any atom is -0.476 e. The monoisotopic (exact) mass is 326 g/mol. The van der Waals surface area contributed by atoms with Gasteiger partial charge < -0.3 is 15.7 Å². The summed E-state index contributed by atoms with van der Waals surface area (Å²) in [6.45, 7) is 2.75. The summed E-state index contributed by atoms with van der Waals surface area (Å²) < 4.78 is 0. The Hall–Kier alpha value is -2.00. The van der Waals surface area contributed by atoms with Crippen molar-refractivity contribution in [2.75, 3.05) is 6.54 Å². The SMILES string of the molecule is Cc1cnc(CNC(=O)NCCc2nc(C(=O)O)cs2)s1. The molecule has 0 atom stereocenters. The van der Waals surface area contributed by atoms with Gasteiger partial charge in [0.15, 0.2) is 5.69 Å². The smallest absolute Gasteiger partial charge is 0.355 e. The van der Waals surface area contributed by atoms with Gasteiger partial charge in [-0.15, -0.1) is 22.7 Å². The van der Waals surface area contributed by atoms with Crippen molar-refractivity contribution in [2.24, 2.45) is 0 Å². The largest absolute Gasteiger partial charge is 0.476 e. The number of carboxylic acid groups (broad SMARTS) is 1. The summed E-state index contributed by atoms with van der Waals surface area (Å²) >= 11 is 2.81. The number of thiazole rings is 2. The van der Waals surface area contributed by atoms with Crippen LogP contribution in [0.25, 0.3) is 0 Å². The second-order valence-electron chi connectivity index (χ2n) is 4.16. The van der Waals surface area contributed by atoms with Crippen LogP contribution in [-0.2, 0) is 13.0 Å². The van der Waals surface area contributed by atoms with E-state index in [1.165, 1.54) is 28.1 Å². The van der Waals surface area contributed by atoms with Crippen molar-refractivity contribution in [1.82, 2.24) is 20.6 Å². The first-order valence-corrected chi connectivity index (χ1v) is 7.85. The molecule has 9 heteroatoms. The molecule has 0 saturated carbocycles. The molecule has 21 heavy (non-hydrogen) atoms. The van der Waals surface area contributed by atoms with E-state index >= 15 is 0 Å². The van der Waals surface area contributed by atoms with Crippen LogP contribution in [0.2, 0.25) is 0 Å². The van der Waals surface area contributed by atoms with Gasteiger partial charge in [-0.05, 0) is 6.92 Å². The number of aromatic carboxylic acids is 1. The van der Waals surface area contributed by atoms with E-state index in [1.807, 2.05) is 6.92 Å². The van der Waals surface area contributed by atoms with Gasteiger partial charge in [-0.3, -0.25) is 0 Å². The molecule has 0 radical (unpaired) electrons. The molecule has 2 amide bonds. The molecular weight excluding hydrogens is 312 g/mol. The summed E-state index contributed by atoms with van der Waals surface area (Å²) in [6.07, 6.45) is 2.27. The van der Waals surface area contributed by atoms with Crippen molar-refractivity contribution in [2.45, 2.75) is 19.9 Å². The number of carbonyl (C=O) groups is 2. The van der Waals surface area contributed by atoms with Gasteiger partial charge in [-0.2, -0.15) is 0 Å². The topological polar surface area (TPSA) is 104 Å². The van der Waals surface area contributed by atoms with E-state index in [2.05, 4.69) is 20.6 Å². The maximum Gasteiger partial charge on any atom is 0.355 e. The minimum atomic E-state index is -1.04. The van der Waals surface area contributed by atoms with E-state index in [0.717, 1.165) is 9.88 Å². The molecule has 3 N–H and O–H groups in total. The van der Waals surface area contributed by atoms with Crippen LogP contribution in [0.15, 0.2) is 11.6 Å². The number of nitrogens with one attached hydrogen (secondary N) is 2. The standard InChI is InChI=1S/C12H14N4O3S2/c1-7-4-14-10(21-7)5-15-12(19)13-3-2-9-16-8(6-20-9)11(17)18/h4,6H,2-3,5H2,1H3,(H,17,18)(H2,13,15,19). The zero-order valence-electron chi connectivity index (χ0n) is 11.3. The molecule has 0 aromatic carbocycles. The Bertz CT molecular complexity index is 638. The number of nitrogens with zero attached hydrogens (tertiary/aromatic N) is 2. The molecule has 0 aliphatic rings. The first-order chi connectivity index (χ1) is 10.0. The zero-order chi connectivity index (χ0) is 15.2. The number of carbonyl (C=O) groups excluding carboxylic acids is 1. The summed E-state index contributed by atoms with van der Waals surface area (Å²) in [5, 5.41) is 17.2. The quantitative estimate of drug-likeness (QED) is 0.749. The van der Waals surface area contributed by atoms with E-state index in [9.17, 15) is 9.59 Å². The van der Waals surface area contributed by atoms with E-state index in [1.54, 1.807) is 6.20 Å². The van der Waals surface area contributed by atoms with Crippen LogP contribution in [-0.4, -0.2) is 33.6 Å². The molecular formula is C12H14N4O3S2. The lowest BCUT2D eigenvalue weighted by Crippen LogP contribution is -2.36. The molecule has 2 heterocycles. The Labute approximate surface area is 129 Å². The molecule has 0 aliphatic heterocycles. The fourth-order valence-electron chi connectivity index (χ4n) is 1.51. The highest BCUT2D eigenvalue weighted by Gasteiger charge is 2.09. The highest BCUT2D eigenvalue weighted by atomic mass is 32.1. The number of aryl methyl sites for hydroxylation is 1. The number of hydrogen-bond donors (Lipinski definition) is 3. The Morgan fingerprint density at radius 3 is 2.76 bits per heavy atom. The molecule has 7 nitrogen and oxygen atoms in total. The lowest BCUT2D eigenvalue weighted by Gasteiger charge is -2.05. The maximum absolute atomic E-state index is 11.6. The van der Waals surface area contributed by atoms with E-state index < -0.39 is 5.97 Å². The second kappa shape index (κ2) is 7.14. The van der Waals surface area contributed by atoms with E-state index in [-0.39, 0.29) is 11.7 Å². The number of hydrogen-bond acceptors (Lipinski definition) is 6. The summed E-state index contributed by atoms with van der Waals surface area (Å²) in [5.41, 5.74) is 0.0404. The van der Waals surface area contributed by atoms with Gasteiger partial charge in [-0.25, -0.2) is 19.6 Å². The number of aromatic nitrogens is 2. The molecule has 0 fully saturated rings. The normalized spacial score (nSPS) is 10.3. The highest BCUT2D eigenvalue weighted by molar-refractivity contribution is 7.11. The molecule has 0 saturated heterocycles. The molecule has 2 aromatic heterocycles. The third kappa shape index (κ3) is 4.80. The summed E-state index contributed by atoms with van der Waals surface area (Å²) in [5.74, 6) is -1.04. The zero-order valence-corrected chi connectivity index (χ0v) is 12.9. The van der Waals surface area contributed by atoms with Gasteiger partial charge in [-0.1, -0.05) is 0 Å². The van der Waals surface area contributed by atoms with Crippen LogP contribution in [0.1, 0.15) is 25.4 Å². The first kappa shape index (κ1) is 15.4. The average Bonchev–Trinajstić information content (AvgIpc) is 3.05. The van der Waals surface area contributed by atoms with Gasteiger partial charge in [0.2, 0.25) is 0 Å². The Morgan fingerprint density at radius 1 is 1.33 bits per heavy atom. The van der Waals surface area contributed by atoms with Crippen LogP contribution in [0, 0.1) is 6.92 Å². The van der Waals surface area contributed by atoms with Crippen molar-refractivity contribution in [3.63, 3.8) is 0 Å². The molecule has 112 valence electrons. The van der Waals surface area contributed by atoms with Crippen LogP contribution < -0.4 is 10.6 Å². The van der Waals surface area contributed by atoms with Crippen molar-refractivity contribution < 1.29 is 14.7 Å². The minimum absolute atomic E-state index is 0.0404. The van der Waals surface area contributed by atoms with Crippen molar-refractivity contribution in [3.05, 3.63) is 32.2 Å². The number of amides is 2. The van der Waals surface area contributed by atoms with Gasteiger partial charge in [0, 0.05) is 29.4 Å². The number of carboxylic acids is 1. The fourth-order valence-corrected chi connectivity index (χ4v) is 3.01. The predicted molar refractivity (Wildman–Crippen MR) is 79.9 cm³/mol. The molecule has 0 aliphatic carbocycles. The van der Waals surface area contributed by atoms with Crippen LogP contribution in [0.5, 0.6) is 0 Å². The second-order valence-corrected chi connectivity index (χ2v) is 6.42. The van der Waals surface area contributed by atoms with E-state index in [0.29, 0.717) is 24.5 Å². The first-order valence-electron chi connectivity index (χ1n) is 6.15.